The van der Waals surface area contributed by atoms with Crippen molar-refractivity contribution in [3.05, 3.63) is 29.3 Å². The van der Waals surface area contributed by atoms with E-state index in [1.807, 2.05) is 11.0 Å². The van der Waals surface area contributed by atoms with E-state index in [2.05, 4.69) is 29.7 Å². The third-order valence-corrected chi connectivity index (χ3v) is 4.98. The summed E-state index contributed by atoms with van der Waals surface area (Å²) in [7, 11) is 0. The van der Waals surface area contributed by atoms with Gasteiger partial charge in [0, 0.05) is 37.8 Å². The van der Waals surface area contributed by atoms with Gasteiger partial charge in [-0.15, -0.1) is 0 Å². The molecule has 1 fully saturated rings. The molecular formula is C17H25N3O2. The molecule has 5 heteroatoms. The van der Waals surface area contributed by atoms with Gasteiger partial charge in [-0.3, -0.25) is 0 Å². The summed E-state index contributed by atoms with van der Waals surface area (Å²) < 4.78 is 0. The molecule has 0 saturated carbocycles. The zero-order chi connectivity index (χ0) is 15.5. The molecule has 0 aliphatic carbocycles. The number of rotatable bonds is 2. The maximum Gasteiger partial charge on any atom is 0.321 e. The van der Waals surface area contributed by atoms with E-state index in [0.29, 0.717) is 12.5 Å². The highest BCUT2D eigenvalue weighted by atomic mass is 16.3. The zero-order valence-electron chi connectivity index (χ0n) is 13.1. The predicted molar refractivity (Wildman–Crippen MR) is 86.8 cm³/mol. The van der Waals surface area contributed by atoms with Gasteiger partial charge in [-0.1, -0.05) is 13.0 Å². The smallest absolute Gasteiger partial charge is 0.321 e. The number of carbonyl (C=O) groups excluding carboxylic acids is 1. The summed E-state index contributed by atoms with van der Waals surface area (Å²) in [6.45, 7) is 5.58. The molecule has 3 N–H and O–H groups in total. The number of aliphatic hydroxyl groups excluding tert-OH is 1. The summed E-state index contributed by atoms with van der Waals surface area (Å²) in [5, 5.41) is 15.8. The number of fused-ring (bicyclic) bond motifs is 1. The van der Waals surface area contributed by atoms with Crippen LogP contribution in [0.2, 0.25) is 0 Å². The first-order chi connectivity index (χ1) is 10.7. The van der Waals surface area contributed by atoms with Crippen molar-refractivity contribution in [1.82, 2.24) is 10.2 Å². The molecule has 0 aromatic heterocycles. The third kappa shape index (κ3) is 3.25. The molecule has 0 radical (unpaired) electrons. The highest BCUT2D eigenvalue weighted by molar-refractivity contribution is 5.89. The van der Waals surface area contributed by atoms with Gasteiger partial charge in [-0.25, -0.2) is 4.79 Å². The van der Waals surface area contributed by atoms with Gasteiger partial charge >= 0.3 is 6.03 Å². The number of amides is 2. The second kappa shape index (κ2) is 6.67. The summed E-state index contributed by atoms with van der Waals surface area (Å²) in [6, 6.07) is 6.10. The van der Waals surface area contributed by atoms with Crippen molar-refractivity contribution in [2.24, 2.45) is 11.8 Å². The Labute approximate surface area is 131 Å². The molecule has 5 nitrogen and oxygen atoms in total. The van der Waals surface area contributed by atoms with Gasteiger partial charge in [0.2, 0.25) is 0 Å². The van der Waals surface area contributed by atoms with Crippen molar-refractivity contribution in [1.29, 1.82) is 0 Å². The first kappa shape index (κ1) is 15.3. The molecule has 0 bridgehead atoms. The topological polar surface area (TPSA) is 64.6 Å². The van der Waals surface area contributed by atoms with Gasteiger partial charge in [-0.2, -0.15) is 0 Å². The Hall–Kier alpha value is -1.59. The Morgan fingerprint density at radius 2 is 2.32 bits per heavy atom. The largest absolute Gasteiger partial charge is 0.396 e. The number of aliphatic hydroxyl groups is 1. The van der Waals surface area contributed by atoms with Gasteiger partial charge in [0.1, 0.15) is 0 Å². The SMILES string of the molecule is CC1CCN(C(=O)Nc2ccc3c(c2)CNCC3)CC1CO. The van der Waals surface area contributed by atoms with E-state index < -0.39 is 0 Å². The van der Waals surface area contributed by atoms with Crippen molar-refractivity contribution >= 4 is 11.7 Å². The molecule has 2 aliphatic rings. The Morgan fingerprint density at radius 1 is 1.45 bits per heavy atom. The predicted octanol–water partition coefficient (Wildman–Crippen LogP) is 1.81. The average molecular weight is 303 g/mol. The lowest BCUT2D eigenvalue weighted by Gasteiger charge is -2.36. The number of benzene rings is 1. The van der Waals surface area contributed by atoms with E-state index in [1.54, 1.807) is 0 Å². The van der Waals surface area contributed by atoms with Crippen LogP contribution in [0.25, 0.3) is 0 Å². The standard InChI is InChI=1S/C17H25N3O2/c1-12-5-7-20(10-15(12)11-21)17(22)19-16-3-2-13-4-6-18-9-14(13)8-16/h2-3,8,12,15,18,21H,4-7,9-11H2,1H3,(H,19,22). The number of piperidine rings is 1. The molecule has 2 aliphatic heterocycles. The maximum absolute atomic E-state index is 12.4. The normalized spacial score (nSPS) is 24.7. The molecule has 2 atom stereocenters. The van der Waals surface area contributed by atoms with E-state index in [9.17, 15) is 9.90 Å². The minimum Gasteiger partial charge on any atom is -0.396 e. The first-order valence-electron chi connectivity index (χ1n) is 8.16. The molecule has 120 valence electrons. The van der Waals surface area contributed by atoms with Crippen LogP contribution in [0.15, 0.2) is 18.2 Å². The van der Waals surface area contributed by atoms with Gasteiger partial charge in [0.15, 0.2) is 0 Å². The summed E-state index contributed by atoms with van der Waals surface area (Å²) >= 11 is 0. The van der Waals surface area contributed by atoms with Crippen LogP contribution in [-0.2, 0) is 13.0 Å². The molecule has 1 aromatic rings. The molecular weight excluding hydrogens is 278 g/mol. The Kier molecular flexibility index (Phi) is 4.64. The fourth-order valence-corrected chi connectivity index (χ4v) is 3.33. The van der Waals surface area contributed by atoms with E-state index in [4.69, 9.17) is 0 Å². The van der Waals surface area contributed by atoms with Crippen LogP contribution < -0.4 is 10.6 Å². The zero-order valence-corrected chi connectivity index (χ0v) is 13.1. The second-order valence-corrected chi connectivity index (χ2v) is 6.50. The number of hydrogen-bond donors (Lipinski definition) is 3. The molecule has 2 heterocycles. The molecule has 0 spiro atoms. The third-order valence-electron chi connectivity index (χ3n) is 4.98. The minimum absolute atomic E-state index is 0.0610. The number of nitrogens with zero attached hydrogens (tertiary/aromatic N) is 1. The average Bonchev–Trinajstić information content (AvgIpc) is 2.55. The molecule has 2 unspecified atom stereocenters. The number of likely N-dealkylation sites (tertiary alicyclic amines) is 1. The summed E-state index contributed by atoms with van der Waals surface area (Å²) in [4.78, 5) is 14.2. The van der Waals surface area contributed by atoms with Crippen LogP contribution in [0, 0.1) is 11.8 Å². The second-order valence-electron chi connectivity index (χ2n) is 6.50. The van der Waals surface area contributed by atoms with E-state index in [-0.39, 0.29) is 18.6 Å². The van der Waals surface area contributed by atoms with Crippen LogP contribution in [-0.4, -0.2) is 42.3 Å². The first-order valence-corrected chi connectivity index (χ1v) is 8.16. The summed E-state index contributed by atoms with van der Waals surface area (Å²) in [5.41, 5.74) is 3.49. The lowest BCUT2D eigenvalue weighted by atomic mass is 9.88. The number of anilines is 1. The van der Waals surface area contributed by atoms with Crippen molar-refractivity contribution in [2.75, 3.05) is 31.6 Å². The molecule has 1 aromatic carbocycles. The van der Waals surface area contributed by atoms with Crippen LogP contribution >= 0.6 is 0 Å². The Morgan fingerprint density at radius 3 is 3.14 bits per heavy atom. The fraction of sp³-hybridized carbons (Fsp3) is 0.588. The molecule has 1 saturated heterocycles. The van der Waals surface area contributed by atoms with Crippen LogP contribution in [0.1, 0.15) is 24.5 Å². The van der Waals surface area contributed by atoms with Gasteiger partial charge in [0.05, 0.1) is 0 Å². The summed E-state index contributed by atoms with van der Waals surface area (Å²) in [5.74, 6) is 0.663. The highest BCUT2D eigenvalue weighted by Crippen LogP contribution is 2.24. The van der Waals surface area contributed by atoms with E-state index >= 15 is 0 Å². The van der Waals surface area contributed by atoms with Crippen LogP contribution in [0.4, 0.5) is 10.5 Å². The fourth-order valence-electron chi connectivity index (χ4n) is 3.33. The highest BCUT2D eigenvalue weighted by Gasteiger charge is 2.28. The summed E-state index contributed by atoms with van der Waals surface area (Å²) in [6.07, 6.45) is 2.00. The monoisotopic (exact) mass is 303 g/mol. The van der Waals surface area contributed by atoms with Gasteiger partial charge in [-0.05, 0) is 48.6 Å². The van der Waals surface area contributed by atoms with Crippen molar-refractivity contribution in [3.8, 4) is 0 Å². The van der Waals surface area contributed by atoms with Crippen LogP contribution in [0.3, 0.4) is 0 Å². The molecule has 2 amide bonds. The minimum atomic E-state index is -0.0610. The Bertz CT molecular complexity index is 547. The van der Waals surface area contributed by atoms with Crippen molar-refractivity contribution in [3.63, 3.8) is 0 Å². The van der Waals surface area contributed by atoms with Gasteiger partial charge < -0.3 is 20.6 Å². The van der Waals surface area contributed by atoms with E-state index in [1.165, 1.54) is 11.1 Å². The van der Waals surface area contributed by atoms with Crippen molar-refractivity contribution in [2.45, 2.75) is 26.3 Å². The lowest BCUT2D eigenvalue weighted by molar-refractivity contribution is 0.0987. The number of hydrogen-bond acceptors (Lipinski definition) is 3. The molecule has 22 heavy (non-hydrogen) atoms. The number of urea groups is 1. The van der Waals surface area contributed by atoms with E-state index in [0.717, 1.165) is 38.2 Å². The van der Waals surface area contributed by atoms with Crippen molar-refractivity contribution < 1.29 is 9.90 Å². The molecule has 3 rings (SSSR count). The van der Waals surface area contributed by atoms with Gasteiger partial charge in [0.25, 0.3) is 0 Å². The maximum atomic E-state index is 12.4. The number of nitrogens with one attached hydrogen (secondary N) is 2. The van der Waals surface area contributed by atoms with Crippen LogP contribution in [0.5, 0.6) is 0 Å². The quantitative estimate of drug-likeness (QED) is 0.781. The lowest BCUT2D eigenvalue weighted by Crippen LogP contribution is -2.46. The Balaban J connectivity index is 1.64. The number of carbonyl (C=O) groups is 1.